The first-order valence-corrected chi connectivity index (χ1v) is 6.81. The maximum atomic E-state index is 6.02. The fourth-order valence-corrected chi connectivity index (χ4v) is 2.51. The van der Waals surface area contributed by atoms with Gasteiger partial charge in [0.05, 0.1) is 16.9 Å². The van der Waals surface area contributed by atoms with E-state index in [1.807, 2.05) is 19.9 Å². The zero-order valence-electron chi connectivity index (χ0n) is 9.87. The van der Waals surface area contributed by atoms with Crippen molar-refractivity contribution in [1.29, 1.82) is 0 Å². The fourth-order valence-electron chi connectivity index (χ4n) is 1.28. The van der Waals surface area contributed by atoms with Crippen LogP contribution in [0.1, 0.15) is 16.1 Å². The Bertz CT molecular complexity index is 574. The van der Waals surface area contributed by atoms with E-state index in [2.05, 4.69) is 15.5 Å². The monoisotopic (exact) mass is 299 g/mol. The lowest BCUT2D eigenvalue weighted by molar-refractivity contribution is 1.20. The number of hydrazone groups is 1. The third-order valence-corrected chi connectivity index (χ3v) is 3.89. The van der Waals surface area contributed by atoms with Crippen LogP contribution in [-0.2, 0) is 0 Å². The molecular weight excluding hydrogens is 289 g/mol. The highest BCUT2D eigenvalue weighted by molar-refractivity contribution is 7.15. The summed E-state index contributed by atoms with van der Waals surface area (Å²) < 4.78 is 0. The van der Waals surface area contributed by atoms with Gasteiger partial charge in [-0.3, -0.25) is 5.43 Å². The van der Waals surface area contributed by atoms with E-state index in [0.717, 1.165) is 16.4 Å². The highest BCUT2D eigenvalue weighted by atomic mass is 35.5. The number of benzene rings is 1. The highest BCUT2D eigenvalue weighted by Gasteiger charge is 2.02. The molecule has 0 fully saturated rings. The molecule has 0 aliphatic heterocycles. The van der Waals surface area contributed by atoms with Crippen molar-refractivity contribution >= 4 is 45.9 Å². The number of nitrogens with one attached hydrogen (secondary N) is 1. The smallest absolute Gasteiger partial charge is 0.203 e. The van der Waals surface area contributed by atoms with Crippen LogP contribution in [-0.4, -0.2) is 11.2 Å². The van der Waals surface area contributed by atoms with E-state index < -0.39 is 0 Å². The Labute approximate surface area is 119 Å². The number of rotatable bonds is 3. The Morgan fingerprint density at radius 2 is 2.11 bits per heavy atom. The van der Waals surface area contributed by atoms with Crippen molar-refractivity contribution in [1.82, 2.24) is 4.98 Å². The molecule has 0 amide bonds. The van der Waals surface area contributed by atoms with Crippen LogP contribution in [0, 0.1) is 13.8 Å². The molecule has 0 saturated carbocycles. The maximum absolute atomic E-state index is 6.02. The molecule has 2 rings (SSSR count). The molecule has 0 atom stereocenters. The van der Waals surface area contributed by atoms with Crippen molar-refractivity contribution in [3.63, 3.8) is 0 Å². The number of hydrogen-bond acceptors (Lipinski definition) is 4. The van der Waals surface area contributed by atoms with Crippen LogP contribution in [0.2, 0.25) is 10.0 Å². The molecule has 18 heavy (non-hydrogen) atoms. The molecule has 1 aromatic heterocycles. The average Bonchev–Trinajstić information content (AvgIpc) is 2.61. The largest absolute Gasteiger partial charge is 0.253 e. The zero-order valence-corrected chi connectivity index (χ0v) is 12.2. The van der Waals surface area contributed by atoms with Crippen molar-refractivity contribution in [3.05, 3.63) is 44.4 Å². The number of halogens is 2. The topological polar surface area (TPSA) is 37.3 Å². The van der Waals surface area contributed by atoms with Gasteiger partial charge in [0, 0.05) is 15.5 Å². The van der Waals surface area contributed by atoms with Crippen molar-refractivity contribution in [3.8, 4) is 0 Å². The Balaban J connectivity index is 2.07. The van der Waals surface area contributed by atoms with E-state index >= 15 is 0 Å². The summed E-state index contributed by atoms with van der Waals surface area (Å²) in [5.41, 5.74) is 4.70. The first kappa shape index (κ1) is 13.3. The van der Waals surface area contributed by atoms with E-state index in [1.54, 1.807) is 29.7 Å². The summed E-state index contributed by atoms with van der Waals surface area (Å²) >= 11 is 13.4. The van der Waals surface area contributed by atoms with Gasteiger partial charge in [0.15, 0.2) is 0 Å². The van der Waals surface area contributed by atoms with Crippen LogP contribution < -0.4 is 5.43 Å². The minimum atomic E-state index is 0.569. The van der Waals surface area contributed by atoms with Crippen LogP contribution in [0.5, 0.6) is 0 Å². The van der Waals surface area contributed by atoms with Gasteiger partial charge in [-0.05, 0) is 26.0 Å². The maximum Gasteiger partial charge on any atom is 0.203 e. The van der Waals surface area contributed by atoms with Gasteiger partial charge >= 0.3 is 0 Å². The molecule has 1 aromatic carbocycles. The minimum Gasteiger partial charge on any atom is -0.253 e. The zero-order chi connectivity index (χ0) is 13.1. The lowest BCUT2D eigenvalue weighted by atomic mass is 10.2. The Kier molecular flexibility index (Phi) is 4.22. The predicted octanol–water partition coefficient (Wildman–Crippen LogP) is 4.51. The van der Waals surface area contributed by atoms with Crippen LogP contribution >= 0.6 is 34.5 Å². The lowest BCUT2D eigenvalue weighted by Crippen LogP contribution is -1.90. The Morgan fingerprint density at radius 3 is 2.72 bits per heavy atom. The predicted molar refractivity (Wildman–Crippen MR) is 79.3 cm³/mol. The molecule has 6 heteroatoms. The molecule has 0 bridgehead atoms. The molecule has 0 radical (unpaired) electrons. The van der Waals surface area contributed by atoms with E-state index in [1.165, 1.54) is 4.88 Å². The summed E-state index contributed by atoms with van der Waals surface area (Å²) in [6.07, 6.45) is 1.64. The lowest BCUT2D eigenvalue weighted by Gasteiger charge is -1.98. The second-order valence-corrected chi connectivity index (χ2v) is 5.74. The summed E-state index contributed by atoms with van der Waals surface area (Å²) in [6, 6.07) is 5.27. The second kappa shape index (κ2) is 5.69. The minimum absolute atomic E-state index is 0.569. The number of aromatic nitrogens is 1. The molecule has 2 aromatic rings. The van der Waals surface area contributed by atoms with Gasteiger partial charge in [-0.15, -0.1) is 11.3 Å². The van der Waals surface area contributed by atoms with Crippen molar-refractivity contribution in [2.45, 2.75) is 13.8 Å². The van der Waals surface area contributed by atoms with E-state index in [9.17, 15) is 0 Å². The van der Waals surface area contributed by atoms with Crippen molar-refractivity contribution < 1.29 is 0 Å². The van der Waals surface area contributed by atoms with Crippen LogP contribution in [0.3, 0.4) is 0 Å². The third kappa shape index (κ3) is 3.22. The Morgan fingerprint density at radius 1 is 1.33 bits per heavy atom. The number of aryl methyl sites for hydroxylation is 2. The van der Waals surface area contributed by atoms with Gasteiger partial charge in [-0.2, -0.15) is 5.10 Å². The number of nitrogens with zero attached hydrogens (tertiary/aromatic N) is 2. The van der Waals surface area contributed by atoms with Gasteiger partial charge in [0.25, 0.3) is 0 Å². The standard InChI is InChI=1S/C12H11Cl2N3S/c1-7-8(2)18-12(16-7)17-15-6-9-3-4-10(13)5-11(9)14/h3-6H,1-2H3,(H,16,17)/b15-6-. The SMILES string of the molecule is Cc1nc(N/N=C\c2ccc(Cl)cc2Cl)sc1C. The summed E-state index contributed by atoms with van der Waals surface area (Å²) in [5.74, 6) is 0. The summed E-state index contributed by atoms with van der Waals surface area (Å²) in [7, 11) is 0. The first-order chi connectivity index (χ1) is 8.56. The number of hydrogen-bond donors (Lipinski definition) is 1. The van der Waals surface area contributed by atoms with Gasteiger partial charge in [-0.1, -0.05) is 29.3 Å². The summed E-state index contributed by atoms with van der Waals surface area (Å²) in [6.45, 7) is 3.99. The summed E-state index contributed by atoms with van der Waals surface area (Å²) in [4.78, 5) is 5.50. The second-order valence-electron chi connectivity index (χ2n) is 3.70. The van der Waals surface area contributed by atoms with Gasteiger partial charge < -0.3 is 0 Å². The number of anilines is 1. The van der Waals surface area contributed by atoms with E-state index in [0.29, 0.717) is 10.0 Å². The Hall–Kier alpha value is -1.10. The molecular formula is C12H11Cl2N3S. The first-order valence-electron chi connectivity index (χ1n) is 5.24. The molecule has 0 unspecified atom stereocenters. The molecule has 0 spiro atoms. The molecule has 0 saturated heterocycles. The van der Waals surface area contributed by atoms with Gasteiger partial charge in [0.1, 0.15) is 0 Å². The average molecular weight is 300 g/mol. The quantitative estimate of drug-likeness (QED) is 0.668. The fraction of sp³-hybridized carbons (Fsp3) is 0.167. The van der Waals surface area contributed by atoms with E-state index in [4.69, 9.17) is 23.2 Å². The molecule has 1 heterocycles. The van der Waals surface area contributed by atoms with Gasteiger partial charge in [-0.25, -0.2) is 4.98 Å². The highest BCUT2D eigenvalue weighted by Crippen LogP contribution is 2.22. The summed E-state index contributed by atoms with van der Waals surface area (Å²) in [5, 5.41) is 6.05. The van der Waals surface area contributed by atoms with Crippen molar-refractivity contribution in [2.24, 2.45) is 5.10 Å². The molecule has 94 valence electrons. The number of thiazole rings is 1. The van der Waals surface area contributed by atoms with Crippen LogP contribution in [0.25, 0.3) is 0 Å². The van der Waals surface area contributed by atoms with Crippen LogP contribution in [0.15, 0.2) is 23.3 Å². The van der Waals surface area contributed by atoms with E-state index in [-0.39, 0.29) is 0 Å². The normalized spacial score (nSPS) is 11.1. The molecule has 0 aliphatic carbocycles. The van der Waals surface area contributed by atoms with Gasteiger partial charge in [0.2, 0.25) is 5.13 Å². The van der Waals surface area contributed by atoms with Crippen LogP contribution in [0.4, 0.5) is 5.13 Å². The molecule has 3 nitrogen and oxygen atoms in total. The van der Waals surface area contributed by atoms with Crippen molar-refractivity contribution in [2.75, 3.05) is 5.43 Å². The molecule has 1 N–H and O–H groups in total. The third-order valence-electron chi connectivity index (χ3n) is 2.35. The molecule has 0 aliphatic rings.